The summed E-state index contributed by atoms with van der Waals surface area (Å²) in [4.78, 5) is 21.5. The van der Waals surface area contributed by atoms with Gasteiger partial charge in [-0.15, -0.1) is 11.3 Å². The van der Waals surface area contributed by atoms with Gasteiger partial charge in [-0.1, -0.05) is 18.2 Å². The molecule has 7 heteroatoms. The number of amides is 1. The van der Waals surface area contributed by atoms with Crippen molar-refractivity contribution < 1.29 is 4.79 Å². The Kier molecular flexibility index (Phi) is 3.56. The summed E-state index contributed by atoms with van der Waals surface area (Å²) in [7, 11) is 0. The van der Waals surface area contributed by atoms with Crippen LogP contribution in [0.4, 0.5) is 5.82 Å². The number of nitrogen functional groups attached to an aromatic ring is 1. The molecule has 3 rings (SSSR count). The van der Waals surface area contributed by atoms with Crippen molar-refractivity contribution >= 4 is 45.0 Å². The van der Waals surface area contributed by atoms with Crippen LogP contribution in [-0.2, 0) is 4.79 Å². The standard InChI is InChI=1S/C12H14N4OS2/c13-9-7-4-6-18-11(7)16-12(15-9)19-8-3-1-2-5-14-10(8)17/h4,6,8H,1-3,5H2,(H,14,17)(H2,13,15,16)/t8-/m1/s1. The van der Waals surface area contributed by atoms with E-state index in [9.17, 15) is 4.79 Å². The summed E-state index contributed by atoms with van der Waals surface area (Å²) in [5, 5.41) is 6.23. The number of nitrogens with zero attached hydrogens (tertiary/aromatic N) is 2. The van der Waals surface area contributed by atoms with E-state index in [2.05, 4.69) is 15.3 Å². The fourth-order valence-electron chi connectivity index (χ4n) is 2.06. The van der Waals surface area contributed by atoms with Crippen molar-refractivity contribution in [3.05, 3.63) is 11.4 Å². The molecular formula is C12H14N4OS2. The molecule has 1 aliphatic rings. The van der Waals surface area contributed by atoms with Gasteiger partial charge >= 0.3 is 0 Å². The van der Waals surface area contributed by atoms with Crippen LogP contribution in [0.1, 0.15) is 19.3 Å². The number of thioether (sulfide) groups is 1. The summed E-state index contributed by atoms with van der Waals surface area (Å²) < 4.78 is 0. The van der Waals surface area contributed by atoms with Gasteiger partial charge in [0.1, 0.15) is 10.6 Å². The number of nitrogens with two attached hydrogens (primary N) is 1. The Bertz CT molecular complexity index is 613. The van der Waals surface area contributed by atoms with E-state index in [0.717, 1.165) is 36.0 Å². The van der Waals surface area contributed by atoms with Crippen LogP contribution in [0.25, 0.3) is 10.2 Å². The Morgan fingerprint density at radius 1 is 1.42 bits per heavy atom. The number of nitrogens with one attached hydrogen (secondary N) is 1. The first-order chi connectivity index (χ1) is 9.24. The van der Waals surface area contributed by atoms with E-state index >= 15 is 0 Å². The first-order valence-electron chi connectivity index (χ1n) is 6.19. The molecular weight excluding hydrogens is 280 g/mol. The van der Waals surface area contributed by atoms with Crippen LogP contribution in [0.5, 0.6) is 0 Å². The van der Waals surface area contributed by atoms with E-state index in [4.69, 9.17) is 5.73 Å². The quantitative estimate of drug-likeness (QED) is 0.828. The number of hydrogen-bond donors (Lipinski definition) is 2. The van der Waals surface area contributed by atoms with Gasteiger partial charge in [0.15, 0.2) is 5.16 Å². The Balaban J connectivity index is 1.85. The van der Waals surface area contributed by atoms with Crippen molar-refractivity contribution in [1.29, 1.82) is 0 Å². The fraction of sp³-hybridized carbons (Fsp3) is 0.417. The zero-order chi connectivity index (χ0) is 13.2. The highest BCUT2D eigenvalue weighted by Gasteiger charge is 2.23. The number of fused-ring (bicyclic) bond motifs is 1. The van der Waals surface area contributed by atoms with Crippen molar-refractivity contribution in [2.45, 2.75) is 29.7 Å². The third-order valence-electron chi connectivity index (χ3n) is 3.07. The minimum atomic E-state index is -0.112. The molecule has 0 spiro atoms. The highest BCUT2D eigenvalue weighted by molar-refractivity contribution is 8.00. The van der Waals surface area contributed by atoms with Crippen molar-refractivity contribution in [2.75, 3.05) is 12.3 Å². The average Bonchev–Trinajstić information content (AvgIpc) is 2.77. The zero-order valence-electron chi connectivity index (χ0n) is 10.3. The maximum atomic E-state index is 11.9. The lowest BCUT2D eigenvalue weighted by atomic mass is 10.2. The molecule has 1 amide bonds. The van der Waals surface area contributed by atoms with Gasteiger partial charge in [-0.3, -0.25) is 4.79 Å². The molecule has 100 valence electrons. The predicted molar refractivity (Wildman–Crippen MR) is 78.3 cm³/mol. The first-order valence-corrected chi connectivity index (χ1v) is 7.95. The van der Waals surface area contributed by atoms with Crippen LogP contribution in [0, 0.1) is 0 Å². The van der Waals surface area contributed by atoms with Gasteiger partial charge in [-0.05, 0) is 24.3 Å². The molecule has 1 saturated heterocycles. The van der Waals surface area contributed by atoms with Gasteiger partial charge in [0.05, 0.1) is 10.6 Å². The third-order valence-corrected chi connectivity index (χ3v) is 5.00. The SMILES string of the molecule is Nc1nc(S[C@@H]2CCCCNC2=O)nc2sccc12. The smallest absolute Gasteiger partial charge is 0.233 e. The summed E-state index contributed by atoms with van der Waals surface area (Å²) in [6.45, 7) is 0.767. The van der Waals surface area contributed by atoms with Crippen LogP contribution in [0.3, 0.4) is 0 Å². The summed E-state index contributed by atoms with van der Waals surface area (Å²) in [5.41, 5.74) is 5.91. The normalized spacial score (nSPS) is 20.2. The van der Waals surface area contributed by atoms with Crippen molar-refractivity contribution in [1.82, 2.24) is 15.3 Å². The van der Waals surface area contributed by atoms with E-state index < -0.39 is 0 Å². The van der Waals surface area contributed by atoms with E-state index in [1.54, 1.807) is 0 Å². The summed E-state index contributed by atoms with van der Waals surface area (Å²) in [6.07, 6.45) is 2.95. The highest BCUT2D eigenvalue weighted by Crippen LogP contribution is 2.30. The minimum absolute atomic E-state index is 0.0796. The van der Waals surface area contributed by atoms with Crippen LogP contribution < -0.4 is 11.1 Å². The second-order valence-electron chi connectivity index (χ2n) is 4.42. The molecule has 3 N–H and O–H groups in total. The molecule has 1 atom stereocenters. The van der Waals surface area contributed by atoms with Crippen molar-refractivity contribution in [2.24, 2.45) is 0 Å². The lowest BCUT2D eigenvalue weighted by Gasteiger charge is -2.11. The van der Waals surface area contributed by atoms with Crippen LogP contribution in [-0.4, -0.2) is 27.7 Å². The molecule has 1 aliphatic heterocycles. The zero-order valence-corrected chi connectivity index (χ0v) is 11.9. The first kappa shape index (κ1) is 12.7. The minimum Gasteiger partial charge on any atom is -0.383 e. The van der Waals surface area contributed by atoms with Crippen LogP contribution in [0.2, 0.25) is 0 Å². The molecule has 2 aromatic heterocycles. The fourth-order valence-corrected chi connectivity index (χ4v) is 3.92. The molecule has 5 nitrogen and oxygen atoms in total. The molecule has 1 fully saturated rings. The summed E-state index contributed by atoms with van der Waals surface area (Å²) in [5.74, 6) is 0.568. The Morgan fingerprint density at radius 3 is 3.21 bits per heavy atom. The topological polar surface area (TPSA) is 80.9 Å². The Morgan fingerprint density at radius 2 is 2.32 bits per heavy atom. The monoisotopic (exact) mass is 294 g/mol. The third kappa shape index (κ3) is 2.66. The van der Waals surface area contributed by atoms with Crippen LogP contribution >= 0.6 is 23.1 Å². The van der Waals surface area contributed by atoms with Gasteiger partial charge < -0.3 is 11.1 Å². The molecule has 2 aromatic rings. The summed E-state index contributed by atoms with van der Waals surface area (Å²) in [6, 6.07) is 1.92. The molecule has 0 aliphatic carbocycles. The maximum absolute atomic E-state index is 11.9. The number of hydrogen-bond acceptors (Lipinski definition) is 6. The maximum Gasteiger partial charge on any atom is 0.233 e. The van der Waals surface area contributed by atoms with Gasteiger partial charge in [0.2, 0.25) is 5.91 Å². The van der Waals surface area contributed by atoms with Gasteiger partial charge in [0, 0.05) is 6.54 Å². The predicted octanol–water partition coefficient (Wildman–Crippen LogP) is 2.03. The van der Waals surface area contributed by atoms with E-state index in [1.165, 1.54) is 23.1 Å². The molecule has 3 heterocycles. The van der Waals surface area contributed by atoms with Crippen molar-refractivity contribution in [3.63, 3.8) is 0 Å². The number of aromatic nitrogens is 2. The van der Waals surface area contributed by atoms with E-state index in [1.807, 2.05) is 11.4 Å². The molecule has 0 aromatic carbocycles. The molecule has 0 radical (unpaired) electrons. The van der Waals surface area contributed by atoms with Gasteiger partial charge in [0.25, 0.3) is 0 Å². The molecule has 0 bridgehead atoms. The van der Waals surface area contributed by atoms with Gasteiger partial charge in [-0.25, -0.2) is 9.97 Å². The average molecular weight is 294 g/mol. The molecule has 0 unspecified atom stereocenters. The van der Waals surface area contributed by atoms with Crippen LogP contribution in [0.15, 0.2) is 16.6 Å². The lowest BCUT2D eigenvalue weighted by Crippen LogP contribution is -2.30. The Hall–Kier alpha value is -1.34. The molecule has 0 saturated carbocycles. The lowest BCUT2D eigenvalue weighted by molar-refractivity contribution is -0.120. The van der Waals surface area contributed by atoms with E-state index in [0.29, 0.717) is 11.0 Å². The summed E-state index contributed by atoms with van der Waals surface area (Å²) >= 11 is 2.95. The number of anilines is 1. The second kappa shape index (κ2) is 5.34. The number of rotatable bonds is 2. The van der Waals surface area contributed by atoms with E-state index in [-0.39, 0.29) is 11.2 Å². The van der Waals surface area contributed by atoms with Crippen molar-refractivity contribution in [3.8, 4) is 0 Å². The highest BCUT2D eigenvalue weighted by atomic mass is 32.2. The second-order valence-corrected chi connectivity index (χ2v) is 6.49. The molecule has 19 heavy (non-hydrogen) atoms. The number of carbonyl (C=O) groups excluding carboxylic acids is 1. The Labute approximate surface area is 119 Å². The largest absolute Gasteiger partial charge is 0.383 e. The number of thiophene rings is 1. The number of carbonyl (C=O) groups is 1. The van der Waals surface area contributed by atoms with Gasteiger partial charge in [-0.2, -0.15) is 0 Å².